The van der Waals surface area contributed by atoms with Crippen LogP contribution in [0.15, 0.2) is 242 Å². The lowest BCUT2D eigenvalue weighted by atomic mass is 9.94. The highest BCUT2D eigenvalue weighted by atomic mass is 32.1. The van der Waals surface area contributed by atoms with Gasteiger partial charge in [-0.05, 0) is 118 Å². The summed E-state index contributed by atoms with van der Waals surface area (Å²) in [5.41, 5.74) is 22.3. The number of hydrogen-bond acceptors (Lipinski definition) is 4. The molecule has 0 aliphatic rings. The summed E-state index contributed by atoms with van der Waals surface area (Å²) in [7, 11) is 0. The van der Waals surface area contributed by atoms with E-state index < -0.39 is 0 Å². The van der Waals surface area contributed by atoms with Crippen LogP contribution in [0.25, 0.3) is 163 Å². The van der Waals surface area contributed by atoms with Gasteiger partial charge in [0, 0.05) is 71.2 Å². The number of benzene rings is 12. The van der Waals surface area contributed by atoms with Crippen LogP contribution in [0.2, 0.25) is 0 Å². The van der Waals surface area contributed by atoms with Crippen LogP contribution in [0, 0.1) is 0 Å². The first-order valence-electron chi connectivity index (χ1n) is 26.4. The number of nitrogens with zero attached hydrogens (tertiary/aromatic N) is 6. The van der Waals surface area contributed by atoms with E-state index in [1.54, 1.807) is 22.7 Å². The van der Waals surface area contributed by atoms with E-state index in [4.69, 9.17) is 4.98 Å². The van der Waals surface area contributed by atoms with Gasteiger partial charge in [-0.25, -0.2) is 9.97 Å². The van der Waals surface area contributed by atoms with Crippen molar-refractivity contribution < 1.29 is 0 Å². The van der Waals surface area contributed by atoms with E-state index in [0.29, 0.717) is 0 Å². The largest absolute Gasteiger partial charge is 0.309 e. The van der Waals surface area contributed by atoms with Gasteiger partial charge >= 0.3 is 0 Å². The molecule has 18 rings (SSSR count). The second kappa shape index (κ2) is 15.8. The minimum atomic E-state index is 1.01. The maximum absolute atomic E-state index is 4.69. The van der Waals surface area contributed by atoms with Gasteiger partial charge in [0.1, 0.15) is 0 Å². The fourth-order valence-electron chi connectivity index (χ4n) is 13.5. The molecule has 0 aliphatic heterocycles. The summed E-state index contributed by atoms with van der Waals surface area (Å²) in [5, 5.41) is 14.7. The predicted octanol–water partition coefficient (Wildman–Crippen LogP) is 19.3. The third kappa shape index (κ3) is 5.69. The molecule has 0 amide bonds. The lowest BCUT2D eigenvalue weighted by Crippen LogP contribution is -1.98. The summed E-state index contributed by atoms with van der Waals surface area (Å²) in [4.78, 5) is 9.34. The van der Waals surface area contributed by atoms with E-state index >= 15 is 0 Å². The molecule has 0 radical (unpaired) electrons. The number of hydrogen-bond donors (Lipinski definition) is 0. The molecule has 0 saturated carbocycles. The van der Waals surface area contributed by atoms with Crippen molar-refractivity contribution >= 4 is 152 Å². The highest BCUT2D eigenvalue weighted by Crippen LogP contribution is 2.50. The molecule has 12 aromatic carbocycles. The molecule has 362 valence electrons. The lowest BCUT2D eigenvalue weighted by molar-refractivity contribution is 1.15. The van der Waals surface area contributed by atoms with Gasteiger partial charge in [0.25, 0.3) is 0 Å². The average Bonchev–Trinajstić information content (AvgIpc) is 4.56. The second-order valence-electron chi connectivity index (χ2n) is 20.5. The van der Waals surface area contributed by atoms with Crippen LogP contribution in [-0.4, -0.2) is 28.2 Å². The van der Waals surface area contributed by atoms with Crippen LogP contribution in [0.3, 0.4) is 0 Å². The first kappa shape index (κ1) is 42.4. The molecule has 0 bridgehead atoms. The van der Waals surface area contributed by atoms with E-state index in [1.165, 1.54) is 129 Å². The topological polar surface area (TPSA) is 45.5 Å². The Morgan fingerprint density at radius 3 is 1.49 bits per heavy atom. The quantitative estimate of drug-likeness (QED) is 0.172. The highest BCUT2D eigenvalue weighted by Gasteiger charge is 2.27. The first-order valence-corrected chi connectivity index (χ1v) is 28.1. The summed E-state index contributed by atoms with van der Waals surface area (Å²) in [6, 6.07) is 85.6. The average molecular weight is 1030 g/mol. The molecule has 0 N–H and O–H groups in total. The van der Waals surface area contributed by atoms with Crippen molar-refractivity contribution in [3.05, 3.63) is 242 Å². The number of aromatic nitrogens is 6. The van der Waals surface area contributed by atoms with Crippen LogP contribution < -0.4 is 0 Å². The van der Waals surface area contributed by atoms with Crippen molar-refractivity contribution in [3.8, 4) is 33.9 Å². The molecule has 0 fully saturated rings. The Bertz CT molecular complexity index is 5580. The van der Waals surface area contributed by atoms with Crippen molar-refractivity contribution in [1.29, 1.82) is 0 Å². The Kier molecular flexibility index (Phi) is 8.61. The Balaban J connectivity index is 0.946. The fraction of sp³-hybridized carbons (Fsp3) is 0. The third-order valence-electron chi connectivity index (χ3n) is 16.6. The minimum Gasteiger partial charge on any atom is -0.309 e. The summed E-state index contributed by atoms with van der Waals surface area (Å²) < 4.78 is 12.3. The van der Waals surface area contributed by atoms with Gasteiger partial charge in [-0.15, -0.1) is 22.7 Å². The Morgan fingerprint density at radius 1 is 0.269 bits per heavy atom. The van der Waals surface area contributed by atoms with Crippen molar-refractivity contribution in [2.75, 3.05) is 0 Å². The van der Waals surface area contributed by atoms with E-state index in [-0.39, 0.29) is 0 Å². The maximum atomic E-state index is 4.69. The van der Waals surface area contributed by atoms with Crippen LogP contribution >= 0.6 is 22.7 Å². The van der Waals surface area contributed by atoms with E-state index in [1.807, 2.05) is 11.0 Å². The van der Waals surface area contributed by atoms with Crippen molar-refractivity contribution in [2.45, 2.75) is 0 Å². The lowest BCUT2D eigenvalue weighted by Gasteiger charge is -2.13. The van der Waals surface area contributed by atoms with Crippen LogP contribution in [-0.2, 0) is 0 Å². The molecule has 0 saturated heterocycles. The monoisotopic (exact) mass is 1030 g/mol. The summed E-state index contributed by atoms with van der Waals surface area (Å²) in [6.45, 7) is 0. The molecule has 18 aromatic rings. The van der Waals surface area contributed by atoms with Gasteiger partial charge in [0.2, 0.25) is 0 Å². The molecule has 6 nitrogen and oxygen atoms in total. The predicted molar refractivity (Wildman–Crippen MR) is 331 cm³/mol. The number of para-hydroxylation sites is 4. The first-order chi connectivity index (χ1) is 38.7. The standard InChI is InChI=1S/C70H40N6S2/c1-3-14-42(15-4-1)73-58-24-11-9-18-48(58)52-29-30-54-64-49-23-13-22-46(47(49)31-35-61(64)76(69(54)68(52)73)45-28-33-57-63(38-45)78-40-72-57)41-26-34-60-55(36-41)65-50-19-7-8-20-51(50)67-66(70(65)74(60)43-16-5-2-6-17-43)53-21-10-12-25-59(53)75(67)44-27-32-56-62(37-44)77-39-71-56/h1-40H. The molecule has 0 spiro atoms. The Morgan fingerprint density at radius 2 is 0.769 bits per heavy atom. The normalized spacial score (nSPS) is 12.4. The summed E-state index contributed by atoms with van der Waals surface area (Å²) in [5.74, 6) is 0. The van der Waals surface area contributed by atoms with Crippen LogP contribution in [0.5, 0.6) is 0 Å². The summed E-state index contributed by atoms with van der Waals surface area (Å²) in [6.07, 6.45) is 0. The van der Waals surface area contributed by atoms with Gasteiger partial charge in [0.15, 0.2) is 0 Å². The number of fused-ring (bicyclic) bond motifs is 21. The number of thiazole rings is 2. The van der Waals surface area contributed by atoms with Gasteiger partial charge < -0.3 is 18.3 Å². The van der Waals surface area contributed by atoms with Gasteiger partial charge in [0.05, 0.1) is 75.6 Å². The van der Waals surface area contributed by atoms with Gasteiger partial charge in [-0.3, -0.25) is 0 Å². The highest BCUT2D eigenvalue weighted by molar-refractivity contribution is 7.17. The van der Waals surface area contributed by atoms with E-state index in [0.717, 1.165) is 33.8 Å². The summed E-state index contributed by atoms with van der Waals surface area (Å²) >= 11 is 3.38. The smallest absolute Gasteiger partial charge is 0.0813 e. The minimum absolute atomic E-state index is 1.01. The van der Waals surface area contributed by atoms with Crippen LogP contribution in [0.1, 0.15) is 0 Å². The second-order valence-corrected chi connectivity index (χ2v) is 22.3. The molecule has 0 unspecified atom stereocenters. The van der Waals surface area contributed by atoms with Crippen molar-refractivity contribution in [1.82, 2.24) is 28.2 Å². The molecule has 8 heteroatoms. The van der Waals surface area contributed by atoms with Crippen molar-refractivity contribution in [2.24, 2.45) is 0 Å². The molecular weight excluding hydrogens is 989 g/mol. The van der Waals surface area contributed by atoms with Crippen LogP contribution in [0.4, 0.5) is 0 Å². The molecule has 6 aromatic heterocycles. The fourth-order valence-corrected chi connectivity index (χ4v) is 14.9. The van der Waals surface area contributed by atoms with E-state index in [9.17, 15) is 0 Å². The Labute approximate surface area is 452 Å². The zero-order chi connectivity index (χ0) is 50.7. The zero-order valence-corrected chi connectivity index (χ0v) is 43.2. The SMILES string of the molecule is c1ccc(-n2c3ccc(-c4cccc5c4ccc4c5c5ccc6c7ccccc7n(-c7ccccc7)c6c5n4-c4ccc5ncsc5c4)cc3c3c4ccccc4c4c(c5ccccc5n4-c4ccc5ncsc5c4)c32)cc1. The zero-order valence-electron chi connectivity index (χ0n) is 41.6. The van der Waals surface area contributed by atoms with Crippen molar-refractivity contribution in [3.63, 3.8) is 0 Å². The number of rotatable bonds is 5. The maximum Gasteiger partial charge on any atom is 0.0813 e. The van der Waals surface area contributed by atoms with E-state index in [2.05, 4.69) is 254 Å². The molecule has 78 heavy (non-hydrogen) atoms. The van der Waals surface area contributed by atoms with Gasteiger partial charge in [-0.2, -0.15) is 0 Å². The molecular formula is C70H40N6S2. The molecule has 0 aliphatic carbocycles. The Hall–Kier alpha value is -9.86. The third-order valence-corrected chi connectivity index (χ3v) is 18.2. The molecule has 0 atom stereocenters. The molecule has 6 heterocycles. The van der Waals surface area contributed by atoms with Gasteiger partial charge in [-0.1, -0.05) is 140 Å².